The summed E-state index contributed by atoms with van der Waals surface area (Å²) in [6.45, 7) is 3.26. The van der Waals surface area contributed by atoms with Gasteiger partial charge in [0.15, 0.2) is 11.8 Å². The second kappa shape index (κ2) is 9.03. The first-order valence-corrected chi connectivity index (χ1v) is 9.64. The number of guanidine groups is 1. The van der Waals surface area contributed by atoms with E-state index in [9.17, 15) is 0 Å². The second-order valence-electron chi connectivity index (χ2n) is 6.82. The number of hydrogen-bond donors (Lipinski definition) is 2. The van der Waals surface area contributed by atoms with Gasteiger partial charge in [-0.25, -0.2) is 4.99 Å². The van der Waals surface area contributed by atoms with E-state index in [0.717, 1.165) is 35.6 Å². The van der Waals surface area contributed by atoms with Crippen molar-refractivity contribution in [1.29, 1.82) is 0 Å². The van der Waals surface area contributed by atoms with Gasteiger partial charge in [0.05, 0.1) is 0 Å². The molecule has 1 aliphatic rings. The Hall–Kier alpha value is -2.08. The molecule has 26 heavy (non-hydrogen) atoms. The predicted molar refractivity (Wildman–Crippen MR) is 105 cm³/mol. The molecule has 1 heterocycles. The van der Waals surface area contributed by atoms with E-state index < -0.39 is 0 Å². The molecule has 1 aliphatic carbocycles. The first-order chi connectivity index (χ1) is 12.6. The molecule has 0 unspecified atom stereocenters. The van der Waals surface area contributed by atoms with Gasteiger partial charge in [0.2, 0.25) is 0 Å². The summed E-state index contributed by atoms with van der Waals surface area (Å²) in [6.07, 6.45) is 5.89. The Balaban J connectivity index is 1.60. The summed E-state index contributed by atoms with van der Waals surface area (Å²) in [6, 6.07) is 8.49. The maximum atomic E-state index is 6.06. The third-order valence-corrected chi connectivity index (χ3v) is 5.09. The first kappa shape index (κ1) is 18.7. The van der Waals surface area contributed by atoms with Crippen LogP contribution in [0.5, 0.6) is 0 Å². The molecule has 0 saturated heterocycles. The lowest BCUT2D eigenvalue weighted by atomic mass is 10.1. The monoisotopic (exact) mass is 374 g/mol. The SMILES string of the molecule is Cc1nnc(CN=C(NCCc2cccc(Cl)c2)NC2CCCC2)n1C. The van der Waals surface area contributed by atoms with E-state index in [1.807, 2.05) is 36.7 Å². The van der Waals surface area contributed by atoms with E-state index in [2.05, 4.69) is 26.9 Å². The lowest BCUT2D eigenvalue weighted by molar-refractivity contribution is 0.610. The van der Waals surface area contributed by atoms with Crippen molar-refractivity contribution in [3.8, 4) is 0 Å². The van der Waals surface area contributed by atoms with Crippen LogP contribution in [0.25, 0.3) is 0 Å². The maximum Gasteiger partial charge on any atom is 0.191 e. The number of aryl methyl sites for hydroxylation is 1. The Labute approximate surface area is 160 Å². The Morgan fingerprint density at radius 2 is 2.12 bits per heavy atom. The van der Waals surface area contributed by atoms with Crippen molar-refractivity contribution in [2.24, 2.45) is 12.0 Å². The highest BCUT2D eigenvalue weighted by molar-refractivity contribution is 6.30. The largest absolute Gasteiger partial charge is 0.356 e. The molecule has 7 heteroatoms. The highest BCUT2D eigenvalue weighted by Gasteiger charge is 2.16. The Morgan fingerprint density at radius 3 is 2.81 bits per heavy atom. The van der Waals surface area contributed by atoms with Crippen molar-refractivity contribution >= 4 is 17.6 Å². The number of rotatable bonds is 6. The topological polar surface area (TPSA) is 67.1 Å². The van der Waals surface area contributed by atoms with Crippen LogP contribution >= 0.6 is 11.6 Å². The molecule has 2 aromatic rings. The number of aromatic nitrogens is 3. The standard InChI is InChI=1S/C19H27ClN6/c1-14-24-25-18(26(14)2)13-22-19(23-17-8-3-4-9-17)21-11-10-15-6-5-7-16(20)12-15/h5-7,12,17H,3-4,8-11,13H2,1-2H3,(H2,21,22,23). The molecule has 2 N–H and O–H groups in total. The van der Waals surface area contributed by atoms with Crippen LogP contribution in [0.1, 0.15) is 42.9 Å². The maximum absolute atomic E-state index is 6.06. The quantitative estimate of drug-likeness (QED) is 0.602. The molecular weight excluding hydrogens is 348 g/mol. The van der Waals surface area contributed by atoms with Crippen molar-refractivity contribution in [3.63, 3.8) is 0 Å². The third-order valence-electron chi connectivity index (χ3n) is 4.85. The minimum atomic E-state index is 0.508. The number of halogens is 1. The fourth-order valence-corrected chi connectivity index (χ4v) is 3.39. The molecule has 1 aromatic heterocycles. The average molecular weight is 375 g/mol. The van der Waals surface area contributed by atoms with E-state index in [4.69, 9.17) is 16.6 Å². The molecule has 0 amide bonds. The zero-order valence-corrected chi connectivity index (χ0v) is 16.3. The van der Waals surface area contributed by atoms with Gasteiger partial charge in [-0.2, -0.15) is 0 Å². The van der Waals surface area contributed by atoms with Gasteiger partial charge in [-0.1, -0.05) is 36.6 Å². The third kappa shape index (κ3) is 5.21. The summed E-state index contributed by atoms with van der Waals surface area (Å²) in [5, 5.41) is 16.1. The van der Waals surface area contributed by atoms with E-state index in [1.165, 1.54) is 31.2 Å². The van der Waals surface area contributed by atoms with Crippen LogP contribution in [-0.2, 0) is 20.0 Å². The van der Waals surface area contributed by atoms with Crippen LogP contribution in [0.2, 0.25) is 5.02 Å². The van der Waals surface area contributed by atoms with Crippen molar-refractivity contribution in [2.75, 3.05) is 6.54 Å². The molecule has 6 nitrogen and oxygen atoms in total. The number of hydrogen-bond acceptors (Lipinski definition) is 3. The van der Waals surface area contributed by atoms with Crippen LogP contribution < -0.4 is 10.6 Å². The minimum absolute atomic E-state index is 0.508. The van der Waals surface area contributed by atoms with Crippen LogP contribution in [0.4, 0.5) is 0 Å². The summed E-state index contributed by atoms with van der Waals surface area (Å²) in [7, 11) is 1.97. The lowest BCUT2D eigenvalue weighted by Crippen LogP contribution is -2.43. The number of nitrogens with one attached hydrogen (secondary N) is 2. The zero-order chi connectivity index (χ0) is 18.4. The number of nitrogens with zero attached hydrogens (tertiary/aromatic N) is 4. The first-order valence-electron chi connectivity index (χ1n) is 9.26. The molecule has 140 valence electrons. The Morgan fingerprint density at radius 1 is 1.31 bits per heavy atom. The summed E-state index contributed by atoms with van der Waals surface area (Å²) in [4.78, 5) is 4.73. The van der Waals surface area contributed by atoms with Gasteiger partial charge in [-0.05, 0) is 43.9 Å². The molecule has 1 fully saturated rings. The Bertz CT molecular complexity index is 748. The van der Waals surface area contributed by atoms with Crippen molar-refractivity contribution in [3.05, 3.63) is 46.5 Å². The molecule has 3 rings (SSSR count). The summed E-state index contributed by atoms with van der Waals surface area (Å²) >= 11 is 6.06. The van der Waals surface area contributed by atoms with E-state index in [0.29, 0.717) is 12.6 Å². The highest BCUT2D eigenvalue weighted by Crippen LogP contribution is 2.17. The fraction of sp³-hybridized carbons (Fsp3) is 0.526. The molecule has 1 aromatic carbocycles. The predicted octanol–water partition coefficient (Wildman–Crippen LogP) is 3.00. The van der Waals surface area contributed by atoms with Crippen molar-refractivity contribution in [2.45, 2.75) is 51.6 Å². The van der Waals surface area contributed by atoms with Crippen LogP contribution in [0, 0.1) is 6.92 Å². The number of aliphatic imine (C=N–C) groups is 1. The molecule has 1 saturated carbocycles. The molecular formula is C19H27ClN6. The second-order valence-corrected chi connectivity index (χ2v) is 7.26. The fourth-order valence-electron chi connectivity index (χ4n) is 3.17. The normalized spacial score (nSPS) is 15.4. The molecule has 0 atom stereocenters. The molecule has 0 spiro atoms. The summed E-state index contributed by atoms with van der Waals surface area (Å²) < 4.78 is 1.97. The van der Waals surface area contributed by atoms with Crippen molar-refractivity contribution < 1.29 is 0 Å². The Kier molecular flexibility index (Phi) is 6.50. The zero-order valence-electron chi connectivity index (χ0n) is 15.5. The van der Waals surface area contributed by atoms with Gasteiger partial charge in [0, 0.05) is 24.7 Å². The summed E-state index contributed by atoms with van der Waals surface area (Å²) in [5.74, 6) is 2.61. The van der Waals surface area contributed by atoms with Gasteiger partial charge in [0.1, 0.15) is 12.4 Å². The van der Waals surface area contributed by atoms with E-state index >= 15 is 0 Å². The van der Waals surface area contributed by atoms with E-state index in [-0.39, 0.29) is 0 Å². The lowest BCUT2D eigenvalue weighted by Gasteiger charge is -2.17. The number of benzene rings is 1. The highest BCUT2D eigenvalue weighted by atomic mass is 35.5. The molecule has 0 bridgehead atoms. The molecule has 0 aliphatic heterocycles. The van der Waals surface area contributed by atoms with Gasteiger partial charge in [-0.3, -0.25) is 0 Å². The van der Waals surface area contributed by atoms with E-state index in [1.54, 1.807) is 0 Å². The van der Waals surface area contributed by atoms with Gasteiger partial charge in [-0.15, -0.1) is 10.2 Å². The summed E-state index contributed by atoms with van der Waals surface area (Å²) in [5.41, 5.74) is 1.22. The van der Waals surface area contributed by atoms with Crippen LogP contribution in [0.15, 0.2) is 29.3 Å². The smallest absolute Gasteiger partial charge is 0.191 e. The minimum Gasteiger partial charge on any atom is -0.356 e. The van der Waals surface area contributed by atoms with Crippen LogP contribution in [0.3, 0.4) is 0 Å². The molecule has 0 radical (unpaired) electrons. The van der Waals surface area contributed by atoms with Crippen LogP contribution in [-0.4, -0.2) is 33.3 Å². The average Bonchev–Trinajstić information content (AvgIpc) is 3.24. The van der Waals surface area contributed by atoms with Gasteiger partial charge < -0.3 is 15.2 Å². The van der Waals surface area contributed by atoms with Gasteiger partial charge >= 0.3 is 0 Å². The van der Waals surface area contributed by atoms with Crippen molar-refractivity contribution in [1.82, 2.24) is 25.4 Å². The van der Waals surface area contributed by atoms with Gasteiger partial charge in [0.25, 0.3) is 0 Å².